The molecule has 2 aliphatic heterocycles. The van der Waals surface area contributed by atoms with Crippen LogP contribution in [0.1, 0.15) is 16.2 Å². The molecular formula is C23H18N8O8S. The lowest BCUT2D eigenvalue weighted by molar-refractivity contribution is -0.553. The number of nitrogens with zero attached hydrogens (tertiary/aromatic N) is 6. The van der Waals surface area contributed by atoms with Crippen LogP contribution in [0, 0.1) is 5.21 Å². The number of aromatic nitrogens is 3. The van der Waals surface area contributed by atoms with E-state index in [1.807, 2.05) is 0 Å². The Morgan fingerprint density at radius 2 is 2.15 bits per heavy atom. The number of anilines is 1. The van der Waals surface area contributed by atoms with Crippen LogP contribution in [0.4, 0.5) is 6.01 Å². The number of nitrogen functional groups attached to an aromatic ring is 1. The van der Waals surface area contributed by atoms with Gasteiger partial charge < -0.3 is 30.7 Å². The van der Waals surface area contributed by atoms with E-state index in [0.717, 1.165) is 16.7 Å². The van der Waals surface area contributed by atoms with Crippen LogP contribution in [-0.4, -0.2) is 80.0 Å². The van der Waals surface area contributed by atoms with E-state index >= 15 is 0 Å². The molecule has 0 radical (unpaired) electrons. The summed E-state index contributed by atoms with van der Waals surface area (Å²) in [6.07, 6.45) is 3.50. The fraction of sp³-hybridized carbons (Fsp3) is 0.174. The molecule has 0 bridgehead atoms. The van der Waals surface area contributed by atoms with Crippen LogP contribution in [0.2, 0.25) is 0 Å². The van der Waals surface area contributed by atoms with E-state index in [1.54, 1.807) is 24.3 Å². The summed E-state index contributed by atoms with van der Waals surface area (Å²) in [5, 5.41) is 35.1. The molecule has 2 atom stereocenters. The number of nitrogens with two attached hydrogens (primary N) is 1. The largest absolute Gasteiger partial charge is 0.675 e. The lowest BCUT2D eigenvalue weighted by atomic mass is 10.0. The van der Waals surface area contributed by atoms with Crippen molar-refractivity contribution in [3.05, 3.63) is 64.5 Å². The zero-order valence-corrected chi connectivity index (χ0v) is 21.2. The third-order valence-corrected chi connectivity index (χ3v) is 7.34. The third kappa shape index (κ3) is 4.37. The lowest BCUT2D eigenvalue weighted by Crippen LogP contribution is -2.71. The summed E-state index contributed by atoms with van der Waals surface area (Å²) in [6, 6.07) is 5.45. The minimum absolute atomic E-state index is 0.0390. The van der Waals surface area contributed by atoms with Crippen molar-refractivity contribution in [1.82, 2.24) is 20.4 Å². The lowest BCUT2D eigenvalue weighted by Gasteiger charge is -2.48. The number of carbonyl (C=O) groups is 4. The van der Waals surface area contributed by atoms with Crippen molar-refractivity contribution in [2.75, 3.05) is 18.6 Å². The molecule has 2 aliphatic rings. The average Bonchev–Trinajstić information content (AvgIpc) is 3.39. The fourth-order valence-corrected chi connectivity index (χ4v) is 5.70. The topological polar surface area (TPSA) is 230 Å². The molecule has 1 aromatic carbocycles. The van der Waals surface area contributed by atoms with Gasteiger partial charge in [0.15, 0.2) is 6.29 Å². The number of carboxylic acid groups (broad SMARTS) is 1. The number of hydrogen-bond acceptors (Lipinski definition) is 13. The zero-order valence-electron chi connectivity index (χ0n) is 20.4. The van der Waals surface area contributed by atoms with Gasteiger partial charge >= 0.3 is 17.8 Å². The molecule has 3 aromatic rings. The number of rotatable bonds is 7. The Morgan fingerprint density at radius 3 is 2.80 bits per heavy atom. The summed E-state index contributed by atoms with van der Waals surface area (Å²) < 4.78 is 5.90. The van der Waals surface area contributed by atoms with Crippen LogP contribution in [0.25, 0.3) is 10.8 Å². The number of hydrogen-bond donors (Lipinski definition) is 3. The average molecular weight is 567 g/mol. The highest BCUT2D eigenvalue weighted by Gasteiger charge is 2.55. The van der Waals surface area contributed by atoms with Crippen molar-refractivity contribution < 1.29 is 38.2 Å². The number of aliphatic carboxylic acids is 1. The van der Waals surface area contributed by atoms with Crippen LogP contribution >= 0.6 is 11.8 Å². The second kappa shape index (κ2) is 10.4. The zero-order chi connectivity index (χ0) is 28.6. The van der Waals surface area contributed by atoms with Gasteiger partial charge in [-0.2, -0.15) is 4.98 Å². The molecule has 40 heavy (non-hydrogen) atoms. The molecule has 1 fully saturated rings. The molecule has 5 rings (SSSR count). The van der Waals surface area contributed by atoms with Crippen LogP contribution in [0.15, 0.2) is 62.8 Å². The first kappa shape index (κ1) is 26.3. The Bertz CT molecular complexity index is 1670. The van der Waals surface area contributed by atoms with Gasteiger partial charge in [-0.1, -0.05) is 39.7 Å². The highest BCUT2D eigenvalue weighted by atomic mass is 32.2. The van der Waals surface area contributed by atoms with Gasteiger partial charge in [0.1, 0.15) is 36.6 Å². The van der Waals surface area contributed by atoms with Crippen molar-refractivity contribution in [3.8, 4) is 0 Å². The minimum atomic E-state index is -1.49. The molecule has 16 nitrogen and oxygen atoms in total. The van der Waals surface area contributed by atoms with Gasteiger partial charge in [-0.25, -0.2) is 9.36 Å². The molecule has 204 valence electrons. The van der Waals surface area contributed by atoms with E-state index in [9.17, 15) is 29.5 Å². The monoisotopic (exact) mass is 566 g/mol. The van der Waals surface area contributed by atoms with E-state index in [4.69, 9.17) is 5.73 Å². The number of thioether (sulfide) groups is 1. The van der Waals surface area contributed by atoms with E-state index < -0.39 is 40.6 Å². The number of carboxylic acids is 1. The summed E-state index contributed by atoms with van der Waals surface area (Å²) in [5.41, 5.74) is 4.70. The summed E-state index contributed by atoms with van der Waals surface area (Å²) in [4.78, 5) is 59.4. The number of benzene rings is 1. The Morgan fingerprint density at radius 1 is 1.38 bits per heavy atom. The van der Waals surface area contributed by atoms with Gasteiger partial charge in [0.25, 0.3) is 11.8 Å². The second-order valence-electron chi connectivity index (χ2n) is 8.31. The first-order valence-corrected chi connectivity index (χ1v) is 12.4. The maximum Gasteiger partial charge on any atom is 0.353 e. The fourth-order valence-electron chi connectivity index (χ4n) is 4.36. The van der Waals surface area contributed by atoms with Crippen LogP contribution in [0.3, 0.4) is 0 Å². The van der Waals surface area contributed by atoms with Crippen LogP contribution in [0.5, 0.6) is 0 Å². The highest BCUT2D eigenvalue weighted by Crippen LogP contribution is 2.40. The maximum atomic E-state index is 13.1. The molecular weight excluding hydrogens is 548 g/mol. The first-order valence-electron chi connectivity index (χ1n) is 11.3. The maximum absolute atomic E-state index is 13.1. The Hall–Kier alpha value is -5.32. The molecule has 1 saturated heterocycles. The molecule has 0 saturated carbocycles. The molecule has 4 N–H and O–H groups in total. The number of oxime groups is 1. The van der Waals surface area contributed by atoms with Crippen LogP contribution in [-0.2, 0) is 19.2 Å². The first-order chi connectivity index (χ1) is 19.3. The van der Waals surface area contributed by atoms with Gasteiger partial charge in [0.2, 0.25) is 11.5 Å². The molecule has 2 amide bonds. The molecule has 1 unspecified atom stereocenters. The summed E-state index contributed by atoms with van der Waals surface area (Å²) >= 11 is 1.10. The SMILES string of the molecule is CO/N=C(\C(=O)NC1C(=O)N2C(C(=O)O)=C(C(=N[O-])[n+]3cc(C=O)c4ccccc4c3)CS[C@@H]12)c1noc(N)n1. The highest BCUT2D eigenvalue weighted by molar-refractivity contribution is 8.00. The van der Waals surface area contributed by atoms with Gasteiger partial charge in [-0.3, -0.25) is 19.3 Å². The summed E-state index contributed by atoms with van der Waals surface area (Å²) in [7, 11) is 1.18. The standard InChI is InChI=1S/C23H18N8O8S/c1-38-28-14(17-26-23(24)39-29-17)19(33)25-15-20(34)31-16(22(35)36)13(9-40-21(15)31)18(27-37)30-6-10-4-2-3-5-12(10)11(7-30)8-32/h2-8,15,21H,9H2,1H3,(H4-,24,25,26,29,33,35,36,37)/b27-18?,28-14-/t15?,21-/m0/s1. The van der Waals surface area contributed by atoms with E-state index in [-0.39, 0.29) is 34.6 Å². The normalized spacial score (nSPS) is 19.2. The Kier molecular flexibility index (Phi) is 6.87. The molecule has 4 heterocycles. The van der Waals surface area contributed by atoms with E-state index in [1.165, 1.54) is 24.1 Å². The smallest absolute Gasteiger partial charge is 0.353 e. The van der Waals surface area contributed by atoms with E-state index in [2.05, 4.69) is 35.1 Å². The van der Waals surface area contributed by atoms with Gasteiger partial charge in [-0.05, 0) is 5.39 Å². The quantitative estimate of drug-likeness (QED) is 0.0816. The second-order valence-corrected chi connectivity index (χ2v) is 9.42. The summed E-state index contributed by atoms with van der Waals surface area (Å²) in [6.45, 7) is 0. The number of β-lactam (4-membered cyclic amide) rings is 1. The number of fused-ring (bicyclic) bond motifs is 2. The molecule has 2 aromatic heterocycles. The van der Waals surface area contributed by atoms with Crippen molar-refractivity contribution in [2.24, 2.45) is 10.3 Å². The predicted molar refractivity (Wildman–Crippen MR) is 138 cm³/mol. The number of pyridine rings is 1. The van der Waals surface area contributed by atoms with Crippen LogP contribution < -0.4 is 15.6 Å². The number of carbonyl (C=O) groups excluding carboxylic acids is 3. The van der Waals surface area contributed by atoms with E-state index in [0.29, 0.717) is 17.1 Å². The van der Waals surface area contributed by atoms with Gasteiger partial charge in [0.05, 0.1) is 11.1 Å². The summed E-state index contributed by atoms with van der Waals surface area (Å²) in [5.74, 6) is -3.79. The van der Waals surface area contributed by atoms with Crippen molar-refractivity contribution >= 4 is 64.2 Å². The number of aldehydes is 1. The molecule has 0 aliphatic carbocycles. The third-order valence-electron chi connectivity index (χ3n) is 6.06. The van der Waals surface area contributed by atoms with Crippen molar-refractivity contribution in [1.29, 1.82) is 0 Å². The van der Waals surface area contributed by atoms with Crippen molar-refractivity contribution in [3.63, 3.8) is 0 Å². The predicted octanol–water partition coefficient (Wildman–Crippen LogP) is -0.561. The van der Waals surface area contributed by atoms with Crippen molar-refractivity contribution in [2.45, 2.75) is 11.4 Å². The Labute approximate surface area is 227 Å². The minimum Gasteiger partial charge on any atom is -0.675 e. The molecule has 0 spiro atoms. The number of amides is 2. The van der Waals surface area contributed by atoms with Gasteiger partial charge in [-0.15, -0.1) is 11.8 Å². The number of nitrogens with one attached hydrogen (secondary N) is 1. The molecule has 17 heteroatoms. The van der Waals surface area contributed by atoms with Gasteiger partial charge in [0, 0.05) is 11.1 Å². The Balaban J connectivity index is 1.46.